The molecular weight excluding hydrogens is 267 g/mol. The second-order valence-electron chi connectivity index (χ2n) is 7.30. The summed E-state index contributed by atoms with van der Waals surface area (Å²) in [6, 6.07) is 6.57. The third-order valence-electron chi connectivity index (χ3n) is 4.79. The molecule has 1 heterocycles. The van der Waals surface area contributed by atoms with E-state index in [0.29, 0.717) is 0 Å². The van der Waals surface area contributed by atoms with E-state index in [2.05, 4.69) is 33.0 Å². The average Bonchev–Trinajstić information content (AvgIpc) is 2.88. The van der Waals surface area contributed by atoms with Crippen LogP contribution in [0.15, 0.2) is 24.3 Å². The van der Waals surface area contributed by atoms with Gasteiger partial charge in [-0.25, -0.2) is 4.39 Å². The number of nitrogens with zero attached hydrogens (tertiary/aromatic N) is 1. The van der Waals surface area contributed by atoms with E-state index >= 15 is 0 Å². The summed E-state index contributed by atoms with van der Waals surface area (Å²) >= 11 is 0. The molecule has 0 radical (unpaired) electrons. The van der Waals surface area contributed by atoms with Gasteiger partial charge in [0.05, 0.1) is 6.04 Å². The molecule has 4 heteroatoms. The van der Waals surface area contributed by atoms with Gasteiger partial charge in [0.1, 0.15) is 12.0 Å². The van der Waals surface area contributed by atoms with E-state index in [1.165, 1.54) is 12.1 Å². The van der Waals surface area contributed by atoms with Crippen molar-refractivity contribution < 1.29 is 9.18 Å². The van der Waals surface area contributed by atoms with Crippen LogP contribution in [0.3, 0.4) is 0 Å². The molecule has 2 fully saturated rings. The quantitative estimate of drug-likeness (QED) is 0.928. The van der Waals surface area contributed by atoms with Gasteiger partial charge in [0.25, 0.3) is 0 Å². The highest BCUT2D eigenvalue weighted by Gasteiger charge is 2.56. The summed E-state index contributed by atoms with van der Waals surface area (Å²) in [5, 5.41) is 3.44. The molecule has 1 aliphatic heterocycles. The molecule has 2 aliphatic rings. The molecule has 1 aliphatic carbocycles. The van der Waals surface area contributed by atoms with Crippen LogP contribution < -0.4 is 5.32 Å². The molecule has 21 heavy (non-hydrogen) atoms. The maximum atomic E-state index is 13.1. The molecule has 1 aromatic carbocycles. The molecule has 3 rings (SSSR count). The highest BCUT2D eigenvalue weighted by atomic mass is 19.1. The fourth-order valence-corrected chi connectivity index (χ4v) is 3.24. The SMILES string of the molecule is CC(C)C1NC(c2ccc(F)cc2)N(C2CC2(C)C)C1=O. The van der Waals surface area contributed by atoms with E-state index in [4.69, 9.17) is 0 Å². The molecule has 3 atom stereocenters. The fraction of sp³-hybridized carbons (Fsp3) is 0.588. The molecule has 0 aromatic heterocycles. The van der Waals surface area contributed by atoms with Crippen molar-refractivity contribution >= 4 is 5.91 Å². The van der Waals surface area contributed by atoms with Gasteiger partial charge in [0, 0.05) is 6.04 Å². The highest BCUT2D eigenvalue weighted by molar-refractivity contribution is 5.85. The number of hydrogen-bond donors (Lipinski definition) is 1. The normalized spacial score (nSPS) is 31.0. The van der Waals surface area contributed by atoms with Crippen LogP contribution in [0.25, 0.3) is 0 Å². The van der Waals surface area contributed by atoms with Crippen molar-refractivity contribution in [2.24, 2.45) is 11.3 Å². The van der Waals surface area contributed by atoms with Gasteiger partial charge in [-0.05, 0) is 35.4 Å². The van der Waals surface area contributed by atoms with Crippen molar-refractivity contribution in [3.05, 3.63) is 35.6 Å². The Hall–Kier alpha value is -1.42. The highest BCUT2D eigenvalue weighted by Crippen LogP contribution is 2.52. The van der Waals surface area contributed by atoms with Crippen LogP contribution in [0, 0.1) is 17.2 Å². The second-order valence-corrected chi connectivity index (χ2v) is 7.30. The van der Waals surface area contributed by atoms with Gasteiger partial charge in [0.2, 0.25) is 5.91 Å². The smallest absolute Gasteiger partial charge is 0.241 e. The predicted octanol–water partition coefficient (Wildman–Crippen LogP) is 3.08. The lowest BCUT2D eigenvalue weighted by Gasteiger charge is -2.26. The third kappa shape index (κ3) is 2.46. The van der Waals surface area contributed by atoms with Gasteiger partial charge in [0.15, 0.2) is 0 Å². The molecule has 1 saturated heterocycles. The Morgan fingerprint density at radius 2 is 1.86 bits per heavy atom. The van der Waals surface area contributed by atoms with Crippen LogP contribution >= 0.6 is 0 Å². The Morgan fingerprint density at radius 3 is 2.33 bits per heavy atom. The van der Waals surface area contributed by atoms with Crippen LogP contribution in [0.2, 0.25) is 0 Å². The maximum Gasteiger partial charge on any atom is 0.241 e. The van der Waals surface area contributed by atoms with Gasteiger partial charge in [-0.2, -0.15) is 0 Å². The molecule has 0 bridgehead atoms. The van der Waals surface area contributed by atoms with Crippen molar-refractivity contribution in [1.29, 1.82) is 0 Å². The Kier molecular flexibility index (Phi) is 3.32. The molecule has 3 nitrogen and oxygen atoms in total. The summed E-state index contributed by atoms with van der Waals surface area (Å²) in [6.07, 6.45) is 0.889. The molecule has 1 saturated carbocycles. The first-order chi connectivity index (χ1) is 9.81. The zero-order valence-corrected chi connectivity index (χ0v) is 13.1. The Bertz CT molecular complexity index is 552. The predicted molar refractivity (Wildman–Crippen MR) is 79.9 cm³/mol. The summed E-state index contributed by atoms with van der Waals surface area (Å²) in [5.74, 6) is 0.170. The number of benzene rings is 1. The zero-order valence-electron chi connectivity index (χ0n) is 13.1. The standard InChI is InChI=1S/C17H23FN2O/c1-10(2)14-16(21)20(13-9-17(13,3)4)15(19-14)11-5-7-12(18)8-6-11/h5-8,10,13-15,19H,9H2,1-4H3. The molecular formula is C17H23FN2O. The minimum atomic E-state index is -0.248. The van der Waals surface area contributed by atoms with E-state index < -0.39 is 0 Å². The van der Waals surface area contributed by atoms with Crippen molar-refractivity contribution in [1.82, 2.24) is 10.2 Å². The number of carbonyl (C=O) groups excluding carboxylic acids is 1. The first-order valence-corrected chi connectivity index (χ1v) is 7.65. The molecule has 3 unspecified atom stereocenters. The van der Waals surface area contributed by atoms with Crippen LogP contribution in [0.5, 0.6) is 0 Å². The summed E-state index contributed by atoms with van der Waals surface area (Å²) in [4.78, 5) is 14.7. The first-order valence-electron chi connectivity index (χ1n) is 7.65. The lowest BCUT2D eigenvalue weighted by molar-refractivity contribution is -0.131. The number of hydrogen-bond acceptors (Lipinski definition) is 2. The van der Waals surface area contributed by atoms with Crippen LogP contribution in [0.4, 0.5) is 4.39 Å². The fourth-order valence-electron chi connectivity index (χ4n) is 3.24. The molecule has 1 aromatic rings. The van der Waals surface area contributed by atoms with E-state index in [1.807, 2.05) is 4.90 Å². The van der Waals surface area contributed by atoms with Gasteiger partial charge in [-0.3, -0.25) is 10.1 Å². The van der Waals surface area contributed by atoms with E-state index in [0.717, 1.165) is 12.0 Å². The number of amides is 1. The van der Waals surface area contributed by atoms with Gasteiger partial charge in [-0.1, -0.05) is 39.8 Å². The Balaban J connectivity index is 1.93. The van der Waals surface area contributed by atoms with Crippen LogP contribution in [-0.4, -0.2) is 22.9 Å². The van der Waals surface area contributed by atoms with E-state index in [-0.39, 0.29) is 41.3 Å². The topological polar surface area (TPSA) is 32.3 Å². The minimum Gasteiger partial charge on any atom is -0.318 e. The Labute approximate surface area is 125 Å². The molecule has 1 amide bonds. The van der Waals surface area contributed by atoms with Gasteiger partial charge < -0.3 is 4.90 Å². The third-order valence-corrected chi connectivity index (χ3v) is 4.79. The summed E-state index contributed by atoms with van der Waals surface area (Å²) in [7, 11) is 0. The van der Waals surface area contributed by atoms with Crippen molar-refractivity contribution in [3.8, 4) is 0 Å². The summed E-state index contributed by atoms with van der Waals surface area (Å²) in [6.45, 7) is 8.49. The van der Waals surface area contributed by atoms with Crippen molar-refractivity contribution in [3.63, 3.8) is 0 Å². The number of nitrogens with one attached hydrogen (secondary N) is 1. The van der Waals surface area contributed by atoms with Crippen molar-refractivity contribution in [2.45, 2.75) is 52.4 Å². The monoisotopic (exact) mass is 290 g/mol. The number of halogens is 1. The maximum absolute atomic E-state index is 13.1. The van der Waals surface area contributed by atoms with E-state index in [9.17, 15) is 9.18 Å². The molecule has 1 N–H and O–H groups in total. The first kappa shape index (κ1) is 14.5. The number of rotatable bonds is 3. The van der Waals surface area contributed by atoms with Crippen LogP contribution in [0.1, 0.15) is 45.8 Å². The molecule has 0 spiro atoms. The average molecular weight is 290 g/mol. The molecule has 114 valence electrons. The summed E-state index contributed by atoms with van der Waals surface area (Å²) in [5.41, 5.74) is 1.14. The van der Waals surface area contributed by atoms with Gasteiger partial charge in [-0.15, -0.1) is 0 Å². The Morgan fingerprint density at radius 1 is 1.29 bits per heavy atom. The van der Waals surface area contributed by atoms with E-state index in [1.54, 1.807) is 12.1 Å². The van der Waals surface area contributed by atoms with Crippen molar-refractivity contribution in [2.75, 3.05) is 0 Å². The van der Waals surface area contributed by atoms with Crippen LogP contribution in [-0.2, 0) is 4.79 Å². The zero-order chi connectivity index (χ0) is 15.4. The lowest BCUT2D eigenvalue weighted by Crippen LogP contribution is -2.36. The largest absolute Gasteiger partial charge is 0.318 e. The lowest BCUT2D eigenvalue weighted by atomic mass is 10.0. The summed E-state index contributed by atoms with van der Waals surface area (Å²) < 4.78 is 13.1. The van der Waals surface area contributed by atoms with Gasteiger partial charge >= 0.3 is 0 Å². The minimum absolute atomic E-state index is 0.141. The number of carbonyl (C=O) groups is 1. The second kappa shape index (κ2) is 4.80.